The minimum atomic E-state index is 0.592. The third kappa shape index (κ3) is 3.65. The highest BCUT2D eigenvalue weighted by molar-refractivity contribution is 5.94. The van der Waals surface area contributed by atoms with Gasteiger partial charge in [-0.2, -0.15) is 0 Å². The smallest absolute Gasteiger partial charge is 0.200 e. The Bertz CT molecular complexity index is 971. The summed E-state index contributed by atoms with van der Waals surface area (Å²) in [6, 6.07) is 14.0. The second kappa shape index (κ2) is 7.46. The minimum Gasteiger partial charge on any atom is -0.200 e. The van der Waals surface area contributed by atoms with Crippen LogP contribution in [0, 0.1) is 32.6 Å². The van der Waals surface area contributed by atoms with E-state index in [2.05, 4.69) is 103 Å². The lowest BCUT2D eigenvalue weighted by molar-refractivity contribution is -0.659. The molecule has 1 heterocycles. The summed E-state index contributed by atoms with van der Waals surface area (Å²) < 4.78 is 2.27. The lowest BCUT2D eigenvalue weighted by Gasteiger charge is -2.25. The zero-order valence-electron chi connectivity index (χ0n) is 18.2. The van der Waals surface area contributed by atoms with E-state index in [0.29, 0.717) is 17.8 Å². The molecule has 0 atom stereocenters. The number of rotatable bonds is 4. The number of aryl methyl sites for hydroxylation is 3. The van der Waals surface area contributed by atoms with Crippen molar-refractivity contribution in [1.82, 2.24) is 0 Å². The molecule has 0 aliphatic rings. The number of fused-ring (bicyclic) bond motifs is 1. The van der Waals surface area contributed by atoms with Gasteiger partial charge in [-0.1, -0.05) is 51.5 Å². The van der Waals surface area contributed by atoms with Crippen molar-refractivity contribution in [2.24, 2.45) is 18.9 Å². The van der Waals surface area contributed by atoms with Gasteiger partial charge in [-0.25, -0.2) is 4.57 Å². The first-order valence-corrected chi connectivity index (χ1v) is 10.2. The molecule has 0 unspecified atom stereocenters. The van der Waals surface area contributed by atoms with Gasteiger partial charge in [0.2, 0.25) is 5.69 Å². The molecule has 0 fully saturated rings. The Morgan fingerprint density at radius 2 is 1.48 bits per heavy atom. The fraction of sp³-hybridized carbons (Fsp3) is 0.423. The third-order valence-corrected chi connectivity index (χ3v) is 6.05. The quantitative estimate of drug-likeness (QED) is 0.458. The number of hydrogen-bond acceptors (Lipinski definition) is 0. The molecule has 0 saturated carbocycles. The predicted molar refractivity (Wildman–Crippen MR) is 117 cm³/mol. The summed E-state index contributed by atoms with van der Waals surface area (Å²) in [6.07, 6.45) is 2.21. The number of nitrogens with zero attached hydrogens (tertiary/aromatic N) is 1. The van der Waals surface area contributed by atoms with E-state index in [4.69, 9.17) is 0 Å². The molecule has 1 nitrogen and oxygen atoms in total. The first-order chi connectivity index (χ1) is 12.7. The van der Waals surface area contributed by atoms with Gasteiger partial charge in [0.25, 0.3) is 0 Å². The van der Waals surface area contributed by atoms with Crippen molar-refractivity contribution in [3.05, 3.63) is 64.8 Å². The maximum atomic E-state index is 2.42. The fourth-order valence-electron chi connectivity index (χ4n) is 4.76. The Hall–Kier alpha value is -2.15. The molecule has 0 N–H and O–H groups in total. The first-order valence-electron chi connectivity index (χ1n) is 10.2. The summed E-state index contributed by atoms with van der Waals surface area (Å²) in [4.78, 5) is 0. The molecular weight excluding hydrogens is 326 g/mol. The van der Waals surface area contributed by atoms with Gasteiger partial charge in [-0.3, -0.25) is 0 Å². The topological polar surface area (TPSA) is 3.88 Å². The molecule has 3 rings (SSSR count). The lowest BCUT2D eigenvalue weighted by Crippen LogP contribution is -2.31. The Morgan fingerprint density at radius 1 is 0.815 bits per heavy atom. The van der Waals surface area contributed by atoms with Gasteiger partial charge in [-0.05, 0) is 72.7 Å². The van der Waals surface area contributed by atoms with E-state index in [1.54, 1.807) is 0 Å². The van der Waals surface area contributed by atoms with Gasteiger partial charge in [0.1, 0.15) is 7.05 Å². The van der Waals surface area contributed by atoms with Crippen molar-refractivity contribution in [2.45, 2.75) is 54.4 Å². The van der Waals surface area contributed by atoms with Crippen LogP contribution in [0.1, 0.15) is 55.9 Å². The van der Waals surface area contributed by atoms with Crippen LogP contribution in [0.4, 0.5) is 0 Å². The molecular formula is C26H34N+. The fourth-order valence-corrected chi connectivity index (χ4v) is 4.76. The zero-order chi connectivity index (χ0) is 19.9. The Morgan fingerprint density at radius 3 is 2.11 bits per heavy atom. The SMILES string of the molecule is Cc1cc(C)c(C)c(-c2c3ccc(C(C(C)C)C(C)C)cc3cc[n+]2C)c1. The van der Waals surface area contributed by atoms with Crippen molar-refractivity contribution in [1.29, 1.82) is 0 Å². The Kier molecular flexibility index (Phi) is 5.42. The average Bonchev–Trinajstić information content (AvgIpc) is 2.58. The summed E-state index contributed by atoms with van der Waals surface area (Å²) in [5, 5.41) is 2.67. The molecule has 142 valence electrons. The van der Waals surface area contributed by atoms with E-state index in [9.17, 15) is 0 Å². The Balaban J connectivity index is 2.26. The van der Waals surface area contributed by atoms with E-state index in [-0.39, 0.29) is 0 Å². The van der Waals surface area contributed by atoms with Gasteiger partial charge in [0.05, 0.1) is 10.9 Å². The number of aromatic nitrogens is 1. The molecule has 0 aliphatic carbocycles. The summed E-state index contributed by atoms with van der Waals surface area (Å²) in [5.41, 5.74) is 8.17. The maximum Gasteiger partial charge on any atom is 0.220 e. The number of hydrogen-bond donors (Lipinski definition) is 0. The summed E-state index contributed by atoms with van der Waals surface area (Å²) in [7, 11) is 2.16. The van der Waals surface area contributed by atoms with Crippen molar-refractivity contribution < 1.29 is 4.57 Å². The van der Waals surface area contributed by atoms with Crippen molar-refractivity contribution >= 4 is 10.8 Å². The van der Waals surface area contributed by atoms with E-state index in [1.165, 1.54) is 44.3 Å². The van der Waals surface area contributed by atoms with Crippen molar-refractivity contribution in [2.75, 3.05) is 0 Å². The van der Waals surface area contributed by atoms with E-state index in [1.807, 2.05) is 0 Å². The maximum absolute atomic E-state index is 2.42. The molecule has 0 radical (unpaired) electrons. The van der Waals surface area contributed by atoms with Crippen molar-refractivity contribution in [3.8, 4) is 11.3 Å². The molecule has 27 heavy (non-hydrogen) atoms. The molecule has 2 aromatic carbocycles. The Labute approximate surface area is 165 Å². The van der Waals surface area contributed by atoms with E-state index in [0.717, 1.165) is 0 Å². The van der Waals surface area contributed by atoms with Gasteiger partial charge in [0, 0.05) is 6.07 Å². The van der Waals surface area contributed by atoms with Crippen LogP contribution in [-0.2, 0) is 7.05 Å². The highest BCUT2D eigenvalue weighted by Gasteiger charge is 2.22. The van der Waals surface area contributed by atoms with Crippen LogP contribution in [0.5, 0.6) is 0 Å². The zero-order valence-corrected chi connectivity index (χ0v) is 18.2. The van der Waals surface area contributed by atoms with E-state index >= 15 is 0 Å². The largest absolute Gasteiger partial charge is 0.220 e. The molecule has 0 amide bonds. The lowest BCUT2D eigenvalue weighted by atomic mass is 9.79. The molecule has 0 spiro atoms. The standard InChI is InChI=1S/C26H34N/c1-16(2)25(17(3)4)22-9-10-23-21(15-22)11-12-27(8)26(23)24-14-18(5)13-19(6)20(24)7/h9-17,25H,1-8H3/q+1. The minimum absolute atomic E-state index is 0.592. The van der Waals surface area contributed by atoms with Crippen LogP contribution in [0.3, 0.4) is 0 Å². The molecule has 0 saturated heterocycles. The van der Waals surface area contributed by atoms with Crippen LogP contribution in [0.25, 0.3) is 22.0 Å². The number of pyridine rings is 1. The van der Waals surface area contributed by atoms with Crippen LogP contribution < -0.4 is 4.57 Å². The summed E-state index contributed by atoms with van der Waals surface area (Å²) >= 11 is 0. The molecule has 1 aromatic heterocycles. The van der Waals surface area contributed by atoms with Crippen LogP contribution in [-0.4, -0.2) is 0 Å². The molecule has 1 heteroatoms. The second-order valence-corrected chi connectivity index (χ2v) is 8.89. The monoisotopic (exact) mass is 360 g/mol. The summed E-state index contributed by atoms with van der Waals surface area (Å²) in [6.45, 7) is 16.0. The van der Waals surface area contributed by atoms with Gasteiger partial charge < -0.3 is 0 Å². The number of benzene rings is 2. The van der Waals surface area contributed by atoms with Crippen LogP contribution >= 0.6 is 0 Å². The normalized spacial score (nSPS) is 12.0. The van der Waals surface area contributed by atoms with Gasteiger partial charge in [0.15, 0.2) is 6.20 Å². The van der Waals surface area contributed by atoms with E-state index < -0.39 is 0 Å². The first kappa shape index (κ1) is 19.6. The highest BCUT2D eigenvalue weighted by atomic mass is 14.9. The molecule has 0 bridgehead atoms. The molecule has 3 aromatic rings. The van der Waals surface area contributed by atoms with Crippen molar-refractivity contribution in [3.63, 3.8) is 0 Å². The van der Waals surface area contributed by atoms with Crippen LogP contribution in [0.2, 0.25) is 0 Å². The van der Waals surface area contributed by atoms with Gasteiger partial charge >= 0.3 is 0 Å². The van der Waals surface area contributed by atoms with Crippen LogP contribution in [0.15, 0.2) is 42.6 Å². The molecule has 0 aliphatic heterocycles. The predicted octanol–water partition coefficient (Wildman–Crippen LogP) is 6.65. The second-order valence-electron chi connectivity index (χ2n) is 8.89. The van der Waals surface area contributed by atoms with Gasteiger partial charge in [-0.15, -0.1) is 0 Å². The third-order valence-electron chi connectivity index (χ3n) is 6.05. The average molecular weight is 361 g/mol. The highest BCUT2D eigenvalue weighted by Crippen LogP contribution is 2.36. The summed E-state index contributed by atoms with van der Waals surface area (Å²) in [5.74, 6) is 1.88.